The van der Waals surface area contributed by atoms with Gasteiger partial charge in [-0.05, 0) is 11.6 Å². The topological polar surface area (TPSA) is 66.4 Å². The Morgan fingerprint density at radius 1 is 1.33 bits per heavy atom. The SMILES string of the molecule is O=C(/C=C/CBr)NC(Cc1ccccc1)C(=O)O. The Labute approximate surface area is 114 Å². The van der Waals surface area contributed by atoms with Crippen LogP contribution in [-0.2, 0) is 16.0 Å². The number of hydrogen-bond acceptors (Lipinski definition) is 2. The largest absolute Gasteiger partial charge is 0.480 e. The molecule has 4 nitrogen and oxygen atoms in total. The van der Waals surface area contributed by atoms with E-state index in [-0.39, 0.29) is 6.42 Å². The zero-order valence-electron chi connectivity index (χ0n) is 9.67. The van der Waals surface area contributed by atoms with Crippen LogP contribution in [0.3, 0.4) is 0 Å². The van der Waals surface area contributed by atoms with Crippen molar-refractivity contribution >= 4 is 27.8 Å². The first kappa shape index (κ1) is 14.4. The summed E-state index contributed by atoms with van der Waals surface area (Å²) < 4.78 is 0. The van der Waals surface area contributed by atoms with E-state index in [4.69, 9.17) is 5.11 Å². The molecule has 1 unspecified atom stereocenters. The third kappa shape index (κ3) is 5.14. The molecule has 0 radical (unpaired) electrons. The van der Waals surface area contributed by atoms with Gasteiger partial charge in [-0.3, -0.25) is 4.79 Å². The molecule has 0 heterocycles. The van der Waals surface area contributed by atoms with Crippen LogP contribution in [0.1, 0.15) is 5.56 Å². The number of amides is 1. The molecule has 2 N–H and O–H groups in total. The van der Waals surface area contributed by atoms with Gasteiger partial charge in [-0.15, -0.1) is 0 Å². The fraction of sp³-hybridized carbons (Fsp3) is 0.231. The first-order chi connectivity index (χ1) is 8.63. The Hall–Kier alpha value is -1.62. The van der Waals surface area contributed by atoms with E-state index in [1.165, 1.54) is 6.08 Å². The van der Waals surface area contributed by atoms with E-state index in [1.807, 2.05) is 30.3 Å². The molecule has 1 aromatic rings. The maximum Gasteiger partial charge on any atom is 0.326 e. The van der Waals surface area contributed by atoms with E-state index in [2.05, 4.69) is 21.2 Å². The van der Waals surface area contributed by atoms with E-state index in [0.717, 1.165) is 5.56 Å². The first-order valence-electron chi connectivity index (χ1n) is 5.43. The number of carboxylic acids is 1. The van der Waals surface area contributed by atoms with E-state index < -0.39 is 17.9 Å². The molecule has 5 heteroatoms. The number of alkyl halides is 1. The number of benzene rings is 1. The summed E-state index contributed by atoms with van der Waals surface area (Å²) in [6.45, 7) is 0. The maximum atomic E-state index is 11.4. The Morgan fingerprint density at radius 2 is 2.00 bits per heavy atom. The van der Waals surface area contributed by atoms with Crippen LogP contribution in [0.2, 0.25) is 0 Å². The van der Waals surface area contributed by atoms with Crippen molar-refractivity contribution in [3.05, 3.63) is 48.0 Å². The van der Waals surface area contributed by atoms with Crippen LogP contribution in [0.4, 0.5) is 0 Å². The molecule has 0 spiro atoms. The molecule has 0 bridgehead atoms. The summed E-state index contributed by atoms with van der Waals surface area (Å²) in [4.78, 5) is 22.5. The lowest BCUT2D eigenvalue weighted by Crippen LogP contribution is -2.41. The molecule has 0 saturated carbocycles. The summed E-state index contributed by atoms with van der Waals surface area (Å²) >= 11 is 3.14. The van der Waals surface area contributed by atoms with E-state index in [9.17, 15) is 9.59 Å². The third-order valence-corrected chi connectivity index (χ3v) is 2.63. The van der Waals surface area contributed by atoms with Gasteiger partial charge >= 0.3 is 5.97 Å². The highest BCUT2D eigenvalue weighted by Gasteiger charge is 2.19. The van der Waals surface area contributed by atoms with Gasteiger partial charge in [0.1, 0.15) is 6.04 Å². The molecule has 0 aromatic heterocycles. The minimum Gasteiger partial charge on any atom is -0.480 e. The molecule has 1 amide bonds. The molecule has 0 fully saturated rings. The minimum absolute atomic E-state index is 0.268. The summed E-state index contributed by atoms with van der Waals surface area (Å²) in [6, 6.07) is 8.27. The fourth-order valence-electron chi connectivity index (χ4n) is 1.42. The monoisotopic (exact) mass is 311 g/mol. The van der Waals surface area contributed by atoms with Gasteiger partial charge in [0, 0.05) is 11.8 Å². The van der Waals surface area contributed by atoms with Crippen LogP contribution in [0, 0.1) is 0 Å². The maximum absolute atomic E-state index is 11.4. The summed E-state index contributed by atoms with van der Waals surface area (Å²) in [5.41, 5.74) is 0.870. The number of allylic oxidation sites excluding steroid dienone is 1. The zero-order valence-corrected chi connectivity index (χ0v) is 11.3. The molecule has 96 valence electrons. The highest BCUT2D eigenvalue weighted by molar-refractivity contribution is 9.09. The average molecular weight is 312 g/mol. The third-order valence-electron chi connectivity index (χ3n) is 2.26. The van der Waals surface area contributed by atoms with Crippen molar-refractivity contribution in [2.45, 2.75) is 12.5 Å². The molecule has 1 aromatic carbocycles. The van der Waals surface area contributed by atoms with Gasteiger partial charge in [0.2, 0.25) is 5.91 Å². The van der Waals surface area contributed by atoms with Crippen LogP contribution in [0.5, 0.6) is 0 Å². The lowest BCUT2D eigenvalue weighted by Gasteiger charge is -2.13. The number of hydrogen-bond donors (Lipinski definition) is 2. The highest BCUT2D eigenvalue weighted by Crippen LogP contribution is 2.03. The van der Waals surface area contributed by atoms with Gasteiger partial charge in [0.15, 0.2) is 0 Å². The predicted molar refractivity (Wildman–Crippen MR) is 72.6 cm³/mol. The molecule has 18 heavy (non-hydrogen) atoms. The lowest BCUT2D eigenvalue weighted by molar-refractivity contribution is -0.141. The van der Waals surface area contributed by atoms with Gasteiger partial charge in [-0.2, -0.15) is 0 Å². The fourth-order valence-corrected chi connectivity index (χ4v) is 1.61. The zero-order chi connectivity index (χ0) is 13.4. The second-order valence-electron chi connectivity index (χ2n) is 3.65. The quantitative estimate of drug-likeness (QED) is 0.621. The van der Waals surface area contributed by atoms with Crippen LogP contribution < -0.4 is 5.32 Å². The lowest BCUT2D eigenvalue weighted by atomic mass is 10.1. The van der Waals surface area contributed by atoms with Gasteiger partial charge < -0.3 is 10.4 Å². The Kier molecular flexibility index (Phi) is 6.14. The molecule has 1 atom stereocenters. The van der Waals surface area contributed by atoms with Gasteiger partial charge in [0.05, 0.1) is 0 Å². The normalized spacial score (nSPS) is 12.3. The summed E-state index contributed by atoms with van der Waals surface area (Å²) in [6.07, 6.45) is 3.19. The summed E-state index contributed by atoms with van der Waals surface area (Å²) in [5.74, 6) is -1.45. The molecule has 1 rings (SSSR count). The van der Waals surface area contributed by atoms with Crippen LogP contribution in [0.25, 0.3) is 0 Å². The standard InChI is InChI=1S/C13H14BrNO3/c14-8-4-7-12(16)15-11(13(17)18)9-10-5-2-1-3-6-10/h1-7,11H,8-9H2,(H,15,16)(H,17,18)/b7-4+. The number of carbonyl (C=O) groups excluding carboxylic acids is 1. The van der Waals surface area contributed by atoms with E-state index in [0.29, 0.717) is 5.33 Å². The number of rotatable bonds is 6. The van der Waals surface area contributed by atoms with Crippen molar-refractivity contribution < 1.29 is 14.7 Å². The van der Waals surface area contributed by atoms with Crippen LogP contribution >= 0.6 is 15.9 Å². The van der Waals surface area contributed by atoms with Gasteiger partial charge in [-0.1, -0.05) is 52.3 Å². The molecule has 0 aliphatic carbocycles. The van der Waals surface area contributed by atoms with Crippen molar-refractivity contribution in [1.29, 1.82) is 0 Å². The number of nitrogens with one attached hydrogen (secondary N) is 1. The second-order valence-corrected chi connectivity index (χ2v) is 4.29. The Bertz CT molecular complexity index is 431. The molecule has 0 aliphatic rings. The van der Waals surface area contributed by atoms with Crippen molar-refractivity contribution in [3.63, 3.8) is 0 Å². The Balaban J connectivity index is 2.64. The van der Waals surface area contributed by atoms with Crippen molar-refractivity contribution in [2.75, 3.05) is 5.33 Å². The second kappa shape index (κ2) is 7.66. The summed E-state index contributed by atoms with van der Waals surface area (Å²) in [5, 5.41) is 12.1. The smallest absolute Gasteiger partial charge is 0.326 e. The van der Waals surface area contributed by atoms with Crippen molar-refractivity contribution in [2.24, 2.45) is 0 Å². The van der Waals surface area contributed by atoms with E-state index >= 15 is 0 Å². The Morgan fingerprint density at radius 3 is 2.56 bits per heavy atom. The molecular formula is C13H14BrNO3. The first-order valence-corrected chi connectivity index (χ1v) is 6.55. The summed E-state index contributed by atoms with van der Waals surface area (Å²) in [7, 11) is 0. The van der Waals surface area contributed by atoms with E-state index in [1.54, 1.807) is 6.08 Å². The molecule has 0 aliphatic heterocycles. The van der Waals surface area contributed by atoms with Gasteiger partial charge in [-0.25, -0.2) is 4.79 Å². The molecule has 0 saturated heterocycles. The minimum atomic E-state index is -1.04. The van der Waals surface area contributed by atoms with Crippen molar-refractivity contribution in [3.8, 4) is 0 Å². The average Bonchev–Trinajstić information content (AvgIpc) is 2.36. The van der Waals surface area contributed by atoms with Crippen LogP contribution in [0.15, 0.2) is 42.5 Å². The van der Waals surface area contributed by atoms with Crippen LogP contribution in [-0.4, -0.2) is 28.4 Å². The van der Waals surface area contributed by atoms with Crippen molar-refractivity contribution in [1.82, 2.24) is 5.32 Å². The number of aliphatic carboxylic acids is 1. The molecular weight excluding hydrogens is 298 g/mol. The number of carbonyl (C=O) groups is 2. The number of carboxylic acid groups (broad SMARTS) is 1. The van der Waals surface area contributed by atoms with Gasteiger partial charge in [0.25, 0.3) is 0 Å². The predicted octanol–water partition coefficient (Wildman–Crippen LogP) is 1.75. The highest BCUT2D eigenvalue weighted by atomic mass is 79.9. The number of halogens is 1.